The highest BCUT2D eigenvalue weighted by Gasteiger charge is 2.29. The first-order valence-corrected chi connectivity index (χ1v) is 10.3. The van der Waals surface area contributed by atoms with Gasteiger partial charge in [-0.25, -0.2) is 4.39 Å². The summed E-state index contributed by atoms with van der Waals surface area (Å²) in [5.74, 6) is 0.300. The lowest BCUT2D eigenvalue weighted by atomic mass is 9.86. The SMILES string of the molecule is CCCCc1cc(-c2nnn(C)n2)cc(C)c1-c1ccc(F)c2c1CCC2N=[N+]=[N-]. The van der Waals surface area contributed by atoms with E-state index in [9.17, 15) is 4.39 Å². The second-order valence-corrected chi connectivity index (χ2v) is 7.78. The van der Waals surface area contributed by atoms with Crippen molar-refractivity contribution in [2.45, 2.75) is 52.0 Å². The van der Waals surface area contributed by atoms with Crippen LogP contribution in [0.3, 0.4) is 0 Å². The number of fused-ring (bicyclic) bond motifs is 1. The van der Waals surface area contributed by atoms with Crippen molar-refractivity contribution in [3.8, 4) is 22.5 Å². The van der Waals surface area contributed by atoms with Crippen LogP contribution in [-0.4, -0.2) is 20.2 Å². The van der Waals surface area contributed by atoms with Crippen LogP contribution in [0.1, 0.15) is 54.5 Å². The maximum Gasteiger partial charge on any atom is 0.204 e. The Kier molecular flexibility index (Phi) is 5.50. The number of azide groups is 1. The minimum Gasteiger partial charge on any atom is -0.207 e. The summed E-state index contributed by atoms with van der Waals surface area (Å²) >= 11 is 0. The van der Waals surface area contributed by atoms with E-state index in [0.29, 0.717) is 24.2 Å². The number of rotatable bonds is 6. The first-order chi connectivity index (χ1) is 14.5. The number of tetrazole rings is 1. The van der Waals surface area contributed by atoms with Crippen LogP contribution in [0.2, 0.25) is 0 Å². The molecule has 0 N–H and O–H groups in total. The van der Waals surface area contributed by atoms with E-state index in [1.807, 2.05) is 6.07 Å². The maximum atomic E-state index is 14.6. The Morgan fingerprint density at radius 3 is 2.87 bits per heavy atom. The van der Waals surface area contributed by atoms with Gasteiger partial charge in [0.25, 0.3) is 0 Å². The van der Waals surface area contributed by atoms with Crippen LogP contribution in [0.5, 0.6) is 0 Å². The van der Waals surface area contributed by atoms with Gasteiger partial charge >= 0.3 is 0 Å². The van der Waals surface area contributed by atoms with Crippen LogP contribution < -0.4 is 0 Å². The molecule has 4 rings (SSSR count). The zero-order chi connectivity index (χ0) is 21.3. The fourth-order valence-electron chi connectivity index (χ4n) is 4.44. The Morgan fingerprint density at radius 1 is 1.33 bits per heavy atom. The molecule has 0 radical (unpaired) electrons. The van der Waals surface area contributed by atoms with E-state index < -0.39 is 6.04 Å². The van der Waals surface area contributed by atoms with E-state index in [0.717, 1.165) is 47.1 Å². The van der Waals surface area contributed by atoms with Gasteiger partial charge in [0, 0.05) is 16.0 Å². The molecule has 0 saturated heterocycles. The smallest absolute Gasteiger partial charge is 0.204 e. The van der Waals surface area contributed by atoms with Crippen LogP contribution in [0, 0.1) is 12.7 Å². The van der Waals surface area contributed by atoms with E-state index in [-0.39, 0.29) is 5.82 Å². The van der Waals surface area contributed by atoms with Gasteiger partial charge in [-0.1, -0.05) is 24.5 Å². The average molecular weight is 405 g/mol. The Labute approximate surface area is 174 Å². The number of aryl methyl sites for hydroxylation is 3. The molecule has 3 aromatic rings. The second-order valence-electron chi connectivity index (χ2n) is 7.78. The number of hydrogen-bond acceptors (Lipinski definition) is 4. The highest BCUT2D eigenvalue weighted by molar-refractivity contribution is 5.79. The zero-order valence-corrected chi connectivity index (χ0v) is 17.4. The van der Waals surface area contributed by atoms with Gasteiger partial charge < -0.3 is 0 Å². The van der Waals surface area contributed by atoms with Crippen molar-refractivity contribution in [2.75, 3.05) is 0 Å². The largest absolute Gasteiger partial charge is 0.207 e. The van der Waals surface area contributed by atoms with E-state index in [2.05, 4.69) is 51.4 Å². The molecule has 0 saturated carbocycles. The molecular weight excluding hydrogens is 381 g/mol. The molecule has 30 heavy (non-hydrogen) atoms. The summed E-state index contributed by atoms with van der Waals surface area (Å²) in [7, 11) is 1.75. The van der Waals surface area contributed by atoms with Crippen molar-refractivity contribution >= 4 is 0 Å². The molecule has 0 aliphatic heterocycles. The molecule has 0 spiro atoms. The van der Waals surface area contributed by atoms with E-state index >= 15 is 0 Å². The fraction of sp³-hybridized carbons (Fsp3) is 0.409. The predicted molar refractivity (Wildman–Crippen MR) is 113 cm³/mol. The first-order valence-electron chi connectivity index (χ1n) is 10.3. The van der Waals surface area contributed by atoms with Gasteiger partial charge in [0.2, 0.25) is 5.82 Å². The first kappa shape index (κ1) is 20.0. The Morgan fingerprint density at radius 2 is 2.17 bits per heavy atom. The lowest BCUT2D eigenvalue weighted by Gasteiger charge is -2.18. The standard InChI is InChI=1S/C22H24FN7/c1-4-5-6-14-12-15(22-26-29-30(3)27-22)11-13(2)20(14)16-7-9-18(23)21-17(16)8-10-19(21)25-28-24/h7,9,11-12,19H,4-6,8,10H2,1-3H3. The average Bonchev–Trinajstić information content (AvgIpc) is 3.35. The molecule has 2 aromatic carbocycles. The van der Waals surface area contributed by atoms with E-state index in [1.54, 1.807) is 7.05 Å². The summed E-state index contributed by atoms with van der Waals surface area (Å²) in [6, 6.07) is 7.13. The van der Waals surface area contributed by atoms with Crippen LogP contribution in [-0.2, 0) is 19.9 Å². The third-order valence-corrected chi connectivity index (χ3v) is 5.75. The molecule has 1 heterocycles. The van der Waals surface area contributed by atoms with Gasteiger partial charge in [-0.2, -0.15) is 4.80 Å². The number of nitrogens with zero attached hydrogens (tertiary/aromatic N) is 7. The van der Waals surface area contributed by atoms with Gasteiger partial charge in [0.1, 0.15) is 5.82 Å². The zero-order valence-electron chi connectivity index (χ0n) is 17.4. The predicted octanol–water partition coefficient (Wildman–Crippen LogP) is 5.63. The molecular formula is C22H24FN7. The summed E-state index contributed by atoms with van der Waals surface area (Å²) in [6.07, 6.45) is 4.37. The highest BCUT2D eigenvalue weighted by atomic mass is 19.1. The van der Waals surface area contributed by atoms with Gasteiger partial charge in [-0.3, -0.25) is 0 Å². The number of hydrogen-bond donors (Lipinski definition) is 0. The van der Waals surface area contributed by atoms with Crippen LogP contribution in [0.25, 0.3) is 33.0 Å². The molecule has 1 aliphatic carbocycles. The minimum absolute atomic E-state index is 0.295. The van der Waals surface area contributed by atoms with Crippen molar-refractivity contribution in [3.63, 3.8) is 0 Å². The van der Waals surface area contributed by atoms with Gasteiger partial charge in [0.15, 0.2) is 0 Å². The summed E-state index contributed by atoms with van der Waals surface area (Å²) in [5, 5.41) is 16.3. The molecule has 154 valence electrons. The number of benzene rings is 2. The summed E-state index contributed by atoms with van der Waals surface area (Å²) < 4.78 is 14.6. The highest BCUT2D eigenvalue weighted by Crippen LogP contribution is 2.43. The normalized spacial score (nSPS) is 15.1. The van der Waals surface area contributed by atoms with Crippen LogP contribution in [0.15, 0.2) is 29.4 Å². The Bertz CT molecular complexity index is 1140. The third-order valence-electron chi connectivity index (χ3n) is 5.75. The summed E-state index contributed by atoms with van der Waals surface area (Å²) in [5.41, 5.74) is 15.8. The molecule has 1 atom stereocenters. The Hall–Kier alpha value is -3.25. The fourth-order valence-corrected chi connectivity index (χ4v) is 4.44. The van der Waals surface area contributed by atoms with Crippen molar-refractivity contribution in [3.05, 3.63) is 62.8 Å². The molecule has 8 heteroatoms. The molecule has 0 fully saturated rings. The minimum atomic E-state index is -0.438. The van der Waals surface area contributed by atoms with Gasteiger partial charge in [0.05, 0.1) is 13.1 Å². The second kappa shape index (κ2) is 8.24. The third kappa shape index (κ3) is 3.55. The van der Waals surface area contributed by atoms with Crippen LogP contribution in [0.4, 0.5) is 4.39 Å². The molecule has 0 amide bonds. The molecule has 7 nitrogen and oxygen atoms in total. The van der Waals surface area contributed by atoms with Crippen molar-refractivity contribution in [1.82, 2.24) is 20.2 Å². The lowest BCUT2D eigenvalue weighted by molar-refractivity contribution is 0.588. The molecule has 1 unspecified atom stereocenters. The molecule has 0 bridgehead atoms. The van der Waals surface area contributed by atoms with Crippen molar-refractivity contribution in [2.24, 2.45) is 12.2 Å². The Balaban J connectivity index is 1.90. The number of unbranched alkanes of at least 4 members (excludes halogenated alkanes) is 1. The molecule has 1 aliphatic rings. The molecule has 1 aromatic heterocycles. The maximum absolute atomic E-state index is 14.6. The lowest BCUT2D eigenvalue weighted by Crippen LogP contribution is -2.01. The topological polar surface area (TPSA) is 92.4 Å². The van der Waals surface area contributed by atoms with Crippen molar-refractivity contribution < 1.29 is 4.39 Å². The van der Waals surface area contributed by atoms with Gasteiger partial charge in [-0.05, 0) is 89.4 Å². The van der Waals surface area contributed by atoms with Gasteiger partial charge in [-0.15, -0.1) is 10.2 Å². The number of halogens is 1. The van der Waals surface area contributed by atoms with E-state index in [4.69, 9.17) is 5.53 Å². The quantitative estimate of drug-likeness (QED) is 0.302. The van der Waals surface area contributed by atoms with Crippen molar-refractivity contribution in [1.29, 1.82) is 0 Å². The summed E-state index contributed by atoms with van der Waals surface area (Å²) in [4.78, 5) is 4.37. The van der Waals surface area contributed by atoms with E-state index in [1.165, 1.54) is 16.4 Å². The van der Waals surface area contributed by atoms with Crippen LogP contribution >= 0.6 is 0 Å². The number of aromatic nitrogens is 4. The monoisotopic (exact) mass is 405 g/mol. The summed E-state index contributed by atoms with van der Waals surface area (Å²) in [6.45, 7) is 4.24.